The Labute approximate surface area is 174 Å². The predicted molar refractivity (Wildman–Crippen MR) is 110 cm³/mol. The summed E-state index contributed by atoms with van der Waals surface area (Å²) in [6.45, 7) is 0.247. The SMILES string of the molecule is O=C(NC1CCC(Oc2ccc3c(c2)OCO3)CC1)c1cc2c([nH]c1=O)CCCC2. The summed E-state index contributed by atoms with van der Waals surface area (Å²) in [5.41, 5.74) is 2.04. The Hall–Kier alpha value is -2.96. The molecule has 2 heterocycles. The van der Waals surface area contributed by atoms with Crippen LogP contribution in [-0.4, -0.2) is 29.8 Å². The van der Waals surface area contributed by atoms with Crippen LogP contribution in [-0.2, 0) is 12.8 Å². The zero-order valence-corrected chi connectivity index (χ0v) is 16.9. The quantitative estimate of drug-likeness (QED) is 0.809. The van der Waals surface area contributed by atoms with Crippen molar-refractivity contribution in [2.75, 3.05) is 6.79 Å². The first-order valence-electron chi connectivity index (χ1n) is 10.8. The molecule has 0 radical (unpaired) electrons. The molecule has 1 amide bonds. The van der Waals surface area contributed by atoms with E-state index in [0.29, 0.717) is 5.75 Å². The molecule has 2 aliphatic carbocycles. The van der Waals surface area contributed by atoms with E-state index in [-0.39, 0.29) is 36.0 Å². The molecule has 3 aliphatic rings. The first-order valence-corrected chi connectivity index (χ1v) is 10.8. The predicted octanol–water partition coefficient (Wildman–Crippen LogP) is 3.10. The fraction of sp³-hybridized carbons (Fsp3) is 0.478. The molecule has 5 rings (SSSR count). The number of hydrogen-bond donors (Lipinski definition) is 2. The van der Waals surface area contributed by atoms with Gasteiger partial charge in [0.1, 0.15) is 11.3 Å². The number of amides is 1. The van der Waals surface area contributed by atoms with E-state index in [2.05, 4.69) is 10.3 Å². The largest absolute Gasteiger partial charge is 0.490 e. The van der Waals surface area contributed by atoms with E-state index in [4.69, 9.17) is 14.2 Å². The number of ether oxygens (including phenoxy) is 3. The van der Waals surface area contributed by atoms with Crippen LogP contribution in [0.2, 0.25) is 0 Å². The second kappa shape index (κ2) is 8.05. The molecule has 1 aromatic heterocycles. The number of carbonyl (C=O) groups excluding carboxylic acids is 1. The van der Waals surface area contributed by atoms with Gasteiger partial charge >= 0.3 is 0 Å². The molecule has 0 unspecified atom stereocenters. The number of aromatic nitrogens is 1. The maximum Gasteiger partial charge on any atom is 0.261 e. The Bertz CT molecular complexity index is 1010. The third kappa shape index (κ3) is 3.88. The zero-order valence-electron chi connectivity index (χ0n) is 16.9. The van der Waals surface area contributed by atoms with Gasteiger partial charge in [0.25, 0.3) is 11.5 Å². The van der Waals surface area contributed by atoms with Crippen LogP contribution < -0.4 is 25.1 Å². The van der Waals surface area contributed by atoms with Crippen LogP contribution in [0.1, 0.15) is 60.1 Å². The summed E-state index contributed by atoms with van der Waals surface area (Å²) in [7, 11) is 0. The fourth-order valence-electron chi connectivity index (χ4n) is 4.57. The van der Waals surface area contributed by atoms with Crippen molar-refractivity contribution >= 4 is 5.91 Å². The number of hydrogen-bond acceptors (Lipinski definition) is 5. The lowest BCUT2D eigenvalue weighted by atomic mass is 9.92. The zero-order chi connectivity index (χ0) is 20.5. The second-order valence-corrected chi connectivity index (χ2v) is 8.30. The van der Waals surface area contributed by atoms with Crippen molar-refractivity contribution < 1.29 is 19.0 Å². The van der Waals surface area contributed by atoms with Gasteiger partial charge in [0, 0.05) is 17.8 Å². The number of H-pyrrole nitrogens is 1. The molecule has 0 saturated heterocycles. The molecular weight excluding hydrogens is 384 g/mol. The van der Waals surface area contributed by atoms with Gasteiger partial charge in [-0.25, -0.2) is 0 Å². The van der Waals surface area contributed by atoms with Gasteiger partial charge in [-0.1, -0.05) is 0 Å². The number of benzene rings is 1. The van der Waals surface area contributed by atoms with Crippen LogP contribution in [0.3, 0.4) is 0 Å². The van der Waals surface area contributed by atoms with Gasteiger partial charge in [-0.05, 0) is 75.1 Å². The summed E-state index contributed by atoms with van der Waals surface area (Å²) >= 11 is 0. The Kier molecular flexibility index (Phi) is 5.11. The third-order valence-corrected chi connectivity index (χ3v) is 6.24. The van der Waals surface area contributed by atoms with Crippen molar-refractivity contribution in [3.05, 3.63) is 51.4 Å². The summed E-state index contributed by atoms with van der Waals surface area (Å²) in [6, 6.07) is 7.46. The number of nitrogens with one attached hydrogen (secondary N) is 2. The third-order valence-electron chi connectivity index (χ3n) is 6.24. The van der Waals surface area contributed by atoms with E-state index in [1.54, 1.807) is 6.07 Å². The maximum absolute atomic E-state index is 12.7. The average molecular weight is 410 g/mol. The van der Waals surface area contributed by atoms with Gasteiger partial charge in [-0.15, -0.1) is 0 Å². The normalized spacial score (nSPS) is 22.3. The number of aromatic amines is 1. The van der Waals surface area contributed by atoms with E-state index in [1.165, 1.54) is 0 Å². The van der Waals surface area contributed by atoms with Crippen molar-refractivity contribution in [2.24, 2.45) is 0 Å². The lowest BCUT2D eigenvalue weighted by Gasteiger charge is -2.29. The average Bonchev–Trinajstić information content (AvgIpc) is 3.22. The first kappa shape index (κ1) is 19.0. The highest BCUT2D eigenvalue weighted by Crippen LogP contribution is 2.36. The lowest BCUT2D eigenvalue weighted by molar-refractivity contribution is 0.0892. The standard InChI is InChI=1S/C23H26N2O5/c26-22(18-11-14-3-1-2-4-19(14)25-23(18)27)24-15-5-7-16(8-6-15)30-17-9-10-20-21(12-17)29-13-28-20/h9-12,15-16H,1-8,13H2,(H,24,26)(H,25,27). The molecule has 2 N–H and O–H groups in total. The maximum atomic E-state index is 12.7. The van der Waals surface area contributed by atoms with Crippen LogP contribution in [0.15, 0.2) is 29.1 Å². The van der Waals surface area contributed by atoms with Gasteiger partial charge in [0.05, 0.1) is 6.10 Å². The Morgan fingerprint density at radius 3 is 2.70 bits per heavy atom. The molecule has 1 fully saturated rings. The summed E-state index contributed by atoms with van der Waals surface area (Å²) in [5.74, 6) is 1.95. The van der Waals surface area contributed by atoms with Crippen molar-refractivity contribution in [3.8, 4) is 17.2 Å². The highest BCUT2D eigenvalue weighted by molar-refractivity contribution is 5.94. The molecule has 0 bridgehead atoms. The first-order chi connectivity index (χ1) is 14.7. The Morgan fingerprint density at radius 1 is 1.03 bits per heavy atom. The highest BCUT2D eigenvalue weighted by atomic mass is 16.7. The number of carbonyl (C=O) groups is 1. The van der Waals surface area contributed by atoms with Gasteiger partial charge in [0.15, 0.2) is 11.5 Å². The van der Waals surface area contributed by atoms with Gasteiger partial charge in [-0.3, -0.25) is 9.59 Å². The van der Waals surface area contributed by atoms with Crippen LogP contribution in [0.25, 0.3) is 0 Å². The van der Waals surface area contributed by atoms with Crippen molar-refractivity contribution in [1.82, 2.24) is 10.3 Å². The van der Waals surface area contributed by atoms with E-state index in [1.807, 2.05) is 18.2 Å². The molecular formula is C23H26N2O5. The minimum Gasteiger partial charge on any atom is -0.490 e. The molecule has 0 atom stereocenters. The molecule has 1 aromatic carbocycles. The van der Waals surface area contributed by atoms with E-state index in [9.17, 15) is 9.59 Å². The summed E-state index contributed by atoms with van der Waals surface area (Å²) < 4.78 is 16.8. The minimum absolute atomic E-state index is 0.0598. The van der Waals surface area contributed by atoms with E-state index in [0.717, 1.165) is 74.1 Å². The van der Waals surface area contributed by atoms with Crippen molar-refractivity contribution in [3.63, 3.8) is 0 Å². The smallest absolute Gasteiger partial charge is 0.261 e. The van der Waals surface area contributed by atoms with Crippen molar-refractivity contribution in [2.45, 2.75) is 63.5 Å². The second-order valence-electron chi connectivity index (χ2n) is 8.30. The summed E-state index contributed by atoms with van der Waals surface area (Å²) in [6.07, 6.45) is 7.45. The molecule has 7 nitrogen and oxygen atoms in total. The Balaban J connectivity index is 1.16. The number of aryl methyl sites for hydroxylation is 2. The molecule has 30 heavy (non-hydrogen) atoms. The van der Waals surface area contributed by atoms with Crippen LogP contribution in [0, 0.1) is 0 Å². The number of rotatable bonds is 4. The molecule has 1 aliphatic heterocycles. The Morgan fingerprint density at radius 2 is 1.83 bits per heavy atom. The molecule has 2 aromatic rings. The number of fused-ring (bicyclic) bond motifs is 2. The fourth-order valence-corrected chi connectivity index (χ4v) is 4.57. The summed E-state index contributed by atoms with van der Waals surface area (Å²) in [4.78, 5) is 28.0. The van der Waals surface area contributed by atoms with Crippen LogP contribution in [0.4, 0.5) is 0 Å². The molecule has 1 saturated carbocycles. The van der Waals surface area contributed by atoms with Gasteiger partial charge < -0.3 is 24.5 Å². The molecule has 0 spiro atoms. The van der Waals surface area contributed by atoms with E-state index >= 15 is 0 Å². The van der Waals surface area contributed by atoms with Gasteiger partial charge in [0.2, 0.25) is 6.79 Å². The highest BCUT2D eigenvalue weighted by Gasteiger charge is 2.26. The lowest BCUT2D eigenvalue weighted by Crippen LogP contribution is -2.41. The molecule has 158 valence electrons. The van der Waals surface area contributed by atoms with Crippen LogP contribution in [0.5, 0.6) is 17.2 Å². The van der Waals surface area contributed by atoms with Crippen molar-refractivity contribution in [1.29, 1.82) is 0 Å². The van der Waals surface area contributed by atoms with Gasteiger partial charge in [-0.2, -0.15) is 0 Å². The molecule has 7 heteroatoms. The van der Waals surface area contributed by atoms with E-state index < -0.39 is 0 Å². The minimum atomic E-state index is -0.284. The summed E-state index contributed by atoms with van der Waals surface area (Å²) in [5, 5.41) is 3.05. The monoisotopic (exact) mass is 410 g/mol. The number of pyridine rings is 1. The van der Waals surface area contributed by atoms with Crippen LogP contribution >= 0.6 is 0 Å². The topological polar surface area (TPSA) is 89.7 Å².